The first-order valence-corrected chi connectivity index (χ1v) is 5.87. The Bertz CT molecular complexity index is 330. The van der Waals surface area contributed by atoms with E-state index >= 15 is 0 Å². The summed E-state index contributed by atoms with van der Waals surface area (Å²) in [7, 11) is 1.59. The summed E-state index contributed by atoms with van der Waals surface area (Å²) >= 11 is 0. The summed E-state index contributed by atoms with van der Waals surface area (Å²) in [5, 5.41) is 19.1. The van der Waals surface area contributed by atoms with E-state index in [1.54, 1.807) is 7.11 Å². The van der Waals surface area contributed by atoms with E-state index in [1.807, 2.05) is 36.1 Å². The van der Waals surface area contributed by atoms with Gasteiger partial charge >= 0.3 is 0 Å². The molecule has 4 nitrogen and oxygen atoms in total. The number of aliphatic hydroxyl groups excluding tert-OH is 2. The standard InChI is InChI=1S/C13H21NO3/c1-3-14(8-9-15)10-12(16)11-6-4-5-7-13(11)17-2/h4-7,12,15-16H,3,8-10H2,1-2H3. The quantitative estimate of drug-likeness (QED) is 0.746. The fraction of sp³-hybridized carbons (Fsp3) is 0.538. The van der Waals surface area contributed by atoms with E-state index in [0.717, 1.165) is 12.1 Å². The molecule has 0 bridgehead atoms. The van der Waals surface area contributed by atoms with E-state index < -0.39 is 6.10 Å². The Morgan fingerprint density at radius 3 is 2.65 bits per heavy atom. The summed E-state index contributed by atoms with van der Waals surface area (Å²) in [5.41, 5.74) is 0.784. The molecule has 0 amide bonds. The monoisotopic (exact) mass is 239 g/mol. The van der Waals surface area contributed by atoms with Gasteiger partial charge in [0.05, 0.1) is 19.8 Å². The molecule has 0 radical (unpaired) electrons. The van der Waals surface area contributed by atoms with Gasteiger partial charge in [0.15, 0.2) is 0 Å². The van der Waals surface area contributed by atoms with Crippen molar-refractivity contribution in [2.75, 3.05) is 33.4 Å². The number of hydrogen-bond acceptors (Lipinski definition) is 4. The van der Waals surface area contributed by atoms with Gasteiger partial charge in [-0.25, -0.2) is 0 Å². The second-order valence-electron chi connectivity index (χ2n) is 3.87. The van der Waals surface area contributed by atoms with Gasteiger partial charge in [-0.05, 0) is 12.6 Å². The third-order valence-corrected chi connectivity index (χ3v) is 2.79. The lowest BCUT2D eigenvalue weighted by atomic mass is 10.1. The van der Waals surface area contributed by atoms with Gasteiger partial charge in [-0.1, -0.05) is 25.1 Å². The van der Waals surface area contributed by atoms with Gasteiger partial charge in [-0.3, -0.25) is 4.90 Å². The number of nitrogens with zero attached hydrogens (tertiary/aromatic N) is 1. The summed E-state index contributed by atoms with van der Waals surface area (Å²) in [5.74, 6) is 0.694. The molecule has 1 unspecified atom stereocenters. The SMILES string of the molecule is CCN(CCO)CC(O)c1ccccc1OC. The molecule has 96 valence electrons. The Morgan fingerprint density at radius 1 is 1.35 bits per heavy atom. The van der Waals surface area contributed by atoms with E-state index in [9.17, 15) is 5.11 Å². The molecule has 17 heavy (non-hydrogen) atoms. The fourth-order valence-corrected chi connectivity index (χ4v) is 1.80. The first kappa shape index (κ1) is 14.0. The largest absolute Gasteiger partial charge is 0.496 e. The number of hydrogen-bond donors (Lipinski definition) is 2. The third-order valence-electron chi connectivity index (χ3n) is 2.79. The normalized spacial score (nSPS) is 12.8. The molecule has 0 fully saturated rings. The maximum Gasteiger partial charge on any atom is 0.124 e. The van der Waals surface area contributed by atoms with Crippen LogP contribution in [0, 0.1) is 0 Å². The topological polar surface area (TPSA) is 52.9 Å². The van der Waals surface area contributed by atoms with Crippen molar-refractivity contribution in [1.29, 1.82) is 0 Å². The zero-order chi connectivity index (χ0) is 12.7. The summed E-state index contributed by atoms with van der Waals surface area (Å²) in [6.07, 6.45) is -0.599. The van der Waals surface area contributed by atoms with E-state index in [0.29, 0.717) is 18.8 Å². The molecule has 0 aliphatic carbocycles. The molecule has 0 aliphatic rings. The lowest BCUT2D eigenvalue weighted by Gasteiger charge is -2.23. The predicted octanol–water partition coefficient (Wildman–Crippen LogP) is 1.04. The number of methoxy groups -OCH3 is 1. The van der Waals surface area contributed by atoms with Crippen molar-refractivity contribution in [3.63, 3.8) is 0 Å². The van der Waals surface area contributed by atoms with Gasteiger partial charge < -0.3 is 14.9 Å². The van der Waals surface area contributed by atoms with Crippen molar-refractivity contribution in [2.24, 2.45) is 0 Å². The molecule has 0 heterocycles. The van der Waals surface area contributed by atoms with Gasteiger partial charge in [0.2, 0.25) is 0 Å². The molecule has 1 aromatic carbocycles. The maximum atomic E-state index is 10.2. The molecule has 0 aliphatic heterocycles. The fourth-order valence-electron chi connectivity index (χ4n) is 1.80. The van der Waals surface area contributed by atoms with Crippen molar-refractivity contribution in [2.45, 2.75) is 13.0 Å². The minimum Gasteiger partial charge on any atom is -0.496 e. The average Bonchev–Trinajstić information content (AvgIpc) is 2.38. The van der Waals surface area contributed by atoms with Crippen molar-refractivity contribution >= 4 is 0 Å². The Hall–Kier alpha value is -1.10. The second kappa shape index (κ2) is 7.27. The lowest BCUT2D eigenvalue weighted by molar-refractivity contribution is 0.101. The predicted molar refractivity (Wildman–Crippen MR) is 67.2 cm³/mol. The minimum atomic E-state index is -0.599. The average molecular weight is 239 g/mol. The first-order chi connectivity index (χ1) is 8.22. The second-order valence-corrected chi connectivity index (χ2v) is 3.87. The van der Waals surface area contributed by atoms with Crippen LogP contribution in [0.4, 0.5) is 0 Å². The van der Waals surface area contributed by atoms with Crippen LogP contribution in [0.1, 0.15) is 18.6 Å². The summed E-state index contributed by atoms with van der Waals surface area (Å²) < 4.78 is 5.21. The lowest BCUT2D eigenvalue weighted by Crippen LogP contribution is -2.31. The molecule has 0 spiro atoms. The molecule has 0 saturated heterocycles. The van der Waals surface area contributed by atoms with Crippen LogP contribution in [-0.2, 0) is 0 Å². The van der Waals surface area contributed by atoms with Gasteiger partial charge in [-0.15, -0.1) is 0 Å². The highest BCUT2D eigenvalue weighted by Gasteiger charge is 2.15. The van der Waals surface area contributed by atoms with Crippen LogP contribution in [0.5, 0.6) is 5.75 Å². The molecule has 0 aromatic heterocycles. The Kier molecular flexibility index (Phi) is 5.97. The third kappa shape index (κ3) is 4.00. The van der Waals surface area contributed by atoms with Gasteiger partial charge in [0, 0.05) is 18.7 Å². The van der Waals surface area contributed by atoms with Crippen LogP contribution in [0.15, 0.2) is 24.3 Å². The summed E-state index contributed by atoms with van der Waals surface area (Å²) in [6, 6.07) is 7.45. The molecular formula is C13H21NO3. The summed E-state index contributed by atoms with van der Waals surface area (Å²) in [4.78, 5) is 2.00. The highest BCUT2D eigenvalue weighted by atomic mass is 16.5. The smallest absolute Gasteiger partial charge is 0.124 e. The zero-order valence-corrected chi connectivity index (χ0v) is 10.5. The van der Waals surface area contributed by atoms with Crippen LogP contribution >= 0.6 is 0 Å². The maximum absolute atomic E-state index is 10.2. The molecule has 0 saturated carbocycles. The summed E-state index contributed by atoms with van der Waals surface area (Å²) in [6.45, 7) is 3.98. The molecule has 1 aromatic rings. The van der Waals surface area contributed by atoms with E-state index in [2.05, 4.69) is 0 Å². The Labute approximate surface area is 102 Å². The first-order valence-electron chi connectivity index (χ1n) is 5.87. The van der Waals surface area contributed by atoms with E-state index in [-0.39, 0.29) is 6.61 Å². The van der Waals surface area contributed by atoms with Gasteiger partial charge in [0.1, 0.15) is 5.75 Å². The van der Waals surface area contributed by atoms with Crippen molar-refractivity contribution < 1.29 is 14.9 Å². The van der Waals surface area contributed by atoms with E-state index in [4.69, 9.17) is 9.84 Å². The molecule has 2 N–H and O–H groups in total. The van der Waals surface area contributed by atoms with Crippen LogP contribution in [0.2, 0.25) is 0 Å². The van der Waals surface area contributed by atoms with E-state index in [1.165, 1.54) is 0 Å². The minimum absolute atomic E-state index is 0.104. The number of aliphatic hydroxyl groups is 2. The molecule has 1 rings (SSSR count). The van der Waals surface area contributed by atoms with Crippen molar-refractivity contribution in [3.05, 3.63) is 29.8 Å². The number of rotatable bonds is 7. The van der Waals surface area contributed by atoms with Crippen LogP contribution in [-0.4, -0.2) is 48.5 Å². The van der Waals surface area contributed by atoms with Crippen molar-refractivity contribution in [1.82, 2.24) is 4.90 Å². The van der Waals surface area contributed by atoms with Gasteiger partial charge in [0.25, 0.3) is 0 Å². The number of likely N-dealkylation sites (N-methyl/N-ethyl adjacent to an activating group) is 1. The number of para-hydroxylation sites is 1. The van der Waals surface area contributed by atoms with Crippen LogP contribution in [0.25, 0.3) is 0 Å². The Morgan fingerprint density at radius 2 is 2.06 bits per heavy atom. The highest BCUT2D eigenvalue weighted by Crippen LogP contribution is 2.25. The Balaban J connectivity index is 2.71. The number of benzene rings is 1. The molecular weight excluding hydrogens is 218 g/mol. The molecule has 4 heteroatoms. The van der Waals surface area contributed by atoms with Crippen molar-refractivity contribution in [3.8, 4) is 5.75 Å². The van der Waals surface area contributed by atoms with Crippen LogP contribution < -0.4 is 4.74 Å². The molecule has 1 atom stereocenters. The van der Waals surface area contributed by atoms with Crippen LogP contribution in [0.3, 0.4) is 0 Å². The number of ether oxygens (including phenoxy) is 1. The highest BCUT2D eigenvalue weighted by molar-refractivity contribution is 5.35. The zero-order valence-electron chi connectivity index (χ0n) is 10.5. The van der Waals surface area contributed by atoms with Gasteiger partial charge in [-0.2, -0.15) is 0 Å².